The summed E-state index contributed by atoms with van der Waals surface area (Å²) in [6.07, 6.45) is -2.94. The maximum Gasteiger partial charge on any atom is 0.416 e. The fourth-order valence-corrected chi connectivity index (χ4v) is 1.48. The van der Waals surface area contributed by atoms with Gasteiger partial charge in [0.1, 0.15) is 5.82 Å². The van der Waals surface area contributed by atoms with Crippen molar-refractivity contribution in [3.63, 3.8) is 0 Å². The Bertz CT molecular complexity index is 538. The summed E-state index contributed by atoms with van der Waals surface area (Å²) >= 11 is 5.66. The van der Waals surface area contributed by atoms with Crippen molar-refractivity contribution < 1.29 is 13.2 Å². The van der Waals surface area contributed by atoms with E-state index in [9.17, 15) is 13.2 Å². The number of rotatable bonds is 2. The van der Waals surface area contributed by atoms with E-state index < -0.39 is 11.7 Å². The lowest BCUT2D eigenvalue weighted by Gasteiger charge is -2.10. The molecule has 6 heteroatoms. The molecule has 0 bridgehead atoms. The van der Waals surface area contributed by atoms with Gasteiger partial charge in [0.05, 0.1) is 10.6 Å². The number of nitrogens with zero attached hydrogens (tertiary/aromatic N) is 1. The normalized spacial score (nSPS) is 11.3. The minimum atomic E-state index is -4.36. The first-order valence-corrected chi connectivity index (χ1v) is 5.39. The highest BCUT2D eigenvalue weighted by atomic mass is 35.5. The van der Waals surface area contributed by atoms with E-state index in [1.165, 1.54) is 18.3 Å². The van der Waals surface area contributed by atoms with Crippen LogP contribution in [-0.2, 0) is 6.18 Å². The Labute approximate surface area is 106 Å². The summed E-state index contributed by atoms with van der Waals surface area (Å²) in [5.41, 5.74) is -0.388. The summed E-state index contributed by atoms with van der Waals surface area (Å²) < 4.78 is 37.5. The number of halogens is 4. The molecule has 1 N–H and O–H groups in total. The van der Waals surface area contributed by atoms with Gasteiger partial charge in [-0.25, -0.2) is 4.98 Å². The van der Waals surface area contributed by atoms with E-state index in [2.05, 4.69) is 10.3 Å². The van der Waals surface area contributed by atoms with Gasteiger partial charge < -0.3 is 5.32 Å². The molecule has 0 aliphatic rings. The molecule has 0 spiro atoms. The van der Waals surface area contributed by atoms with Gasteiger partial charge in [-0.15, -0.1) is 0 Å². The smallest absolute Gasteiger partial charge is 0.340 e. The first-order valence-electron chi connectivity index (χ1n) is 5.01. The average Bonchev–Trinajstić information content (AvgIpc) is 2.31. The van der Waals surface area contributed by atoms with Crippen LogP contribution >= 0.6 is 11.6 Å². The van der Waals surface area contributed by atoms with Gasteiger partial charge in [-0.05, 0) is 30.3 Å². The summed E-state index contributed by atoms with van der Waals surface area (Å²) in [5.74, 6) is 0.429. The van der Waals surface area contributed by atoms with Crippen molar-refractivity contribution in [2.24, 2.45) is 0 Å². The van der Waals surface area contributed by atoms with Crippen LogP contribution < -0.4 is 5.32 Å². The largest absolute Gasteiger partial charge is 0.416 e. The van der Waals surface area contributed by atoms with Crippen LogP contribution in [-0.4, -0.2) is 4.98 Å². The number of hydrogen-bond acceptors (Lipinski definition) is 2. The Kier molecular flexibility index (Phi) is 3.43. The first kappa shape index (κ1) is 12.7. The molecule has 1 heterocycles. The van der Waals surface area contributed by atoms with Crippen LogP contribution in [0.4, 0.5) is 24.7 Å². The Morgan fingerprint density at radius 3 is 2.50 bits per heavy atom. The highest BCUT2D eigenvalue weighted by molar-refractivity contribution is 6.30. The van der Waals surface area contributed by atoms with Crippen molar-refractivity contribution in [3.05, 3.63) is 53.2 Å². The van der Waals surface area contributed by atoms with Crippen molar-refractivity contribution in [2.75, 3.05) is 5.32 Å². The topological polar surface area (TPSA) is 24.9 Å². The SMILES string of the molecule is FC(F)(F)c1cccc(Nc2ccc(Cl)cn2)c1. The van der Waals surface area contributed by atoms with Crippen molar-refractivity contribution in [1.82, 2.24) is 4.98 Å². The molecule has 0 aliphatic heterocycles. The fourth-order valence-electron chi connectivity index (χ4n) is 1.37. The third kappa shape index (κ3) is 3.13. The molecule has 1 aromatic heterocycles. The monoisotopic (exact) mass is 272 g/mol. The van der Waals surface area contributed by atoms with E-state index in [-0.39, 0.29) is 0 Å². The quantitative estimate of drug-likeness (QED) is 0.871. The summed E-state index contributed by atoms with van der Waals surface area (Å²) in [4.78, 5) is 3.94. The molecule has 94 valence electrons. The Morgan fingerprint density at radius 1 is 1.11 bits per heavy atom. The summed E-state index contributed by atoms with van der Waals surface area (Å²) in [5, 5.41) is 3.24. The lowest BCUT2D eigenvalue weighted by molar-refractivity contribution is -0.137. The molecule has 0 saturated heterocycles. The third-order valence-corrected chi connectivity index (χ3v) is 2.41. The second kappa shape index (κ2) is 4.86. The molecule has 0 saturated carbocycles. The number of aromatic nitrogens is 1. The minimum Gasteiger partial charge on any atom is -0.340 e. The van der Waals surface area contributed by atoms with Gasteiger partial charge >= 0.3 is 6.18 Å². The molecule has 18 heavy (non-hydrogen) atoms. The van der Waals surface area contributed by atoms with Gasteiger partial charge in [-0.2, -0.15) is 13.2 Å². The molecule has 1 aromatic carbocycles. The molecule has 0 unspecified atom stereocenters. The molecule has 0 amide bonds. The molecule has 2 nitrogen and oxygen atoms in total. The van der Waals surface area contributed by atoms with Gasteiger partial charge in [0.25, 0.3) is 0 Å². The zero-order valence-electron chi connectivity index (χ0n) is 9.00. The lowest BCUT2D eigenvalue weighted by Crippen LogP contribution is -2.05. The van der Waals surface area contributed by atoms with Crippen molar-refractivity contribution in [2.45, 2.75) is 6.18 Å². The van der Waals surface area contributed by atoms with Crippen molar-refractivity contribution in [1.29, 1.82) is 0 Å². The second-order valence-corrected chi connectivity index (χ2v) is 4.00. The number of alkyl halides is 3. The molecular formula is C12H8ClF3N2. The third-order valence-electron chi connectivity index (χ3n) is 2.19. The Balaban J connectivity index is 2.22. The minimum absolute atomic E-state index is 0.319. The molecule has 0 atom stereocenters. The van der Waals surface area contributed by atoms with Crippen LogP contribution in [0.1, 0.15) is 5.56 Å². The predicted molar refractivity (Wildman–Crippen MR) is 64.0 cm³/mol. The van der Waals surface area contributed by atoms with Gasteiger partial charge in [-0.3, -0.25) is 0 Å². The number of hydrogen-bond donors (Lipinski definition) is 1. The van der Waals surface area contributed by atoms with Crippen LogP contribution in [0, 0.1) is 0 Å². The van der Waals surface area contributed by atoms with Gasteiger partial charge in [0.15, 0.2) is 0 Å². The van der Waals surface area contributed by atoms with Crippen LogP contribution in [0.25, 0.3) is 0 Å². The second-order valence-electron chi connectivity index (χ2n) is 3.57. The zero-order valence-corrected chi connectivity index (χ0v) is 9.76. The van der Waals surface area contributed by atoms with Crippen molar-refractivity contribution >= 4 is 23.1 Å². The van der Waals surface area contributed by atoms with E-state index in [0.717, 1.165) is 12.1 Å². The predicted octanol–water partition coefficient (Wildman–Crippen LogP) is 4.50. The Hall–Kier alpha value is -1.75. The van der Waals surface area contributed by atoms with E-state index in [1.807, 2.05) is 0 Å². The number of pyridine rings is 1. The summed E-state index contributed by atoms with van der Waals surface area (Å²) in [6.45, 7) is 0. The first-order chi connectivity index (χ1) is 8.45. The molecule has 2 rings (SSSR count). The number of nitrogens with one attached hydrogen (secondary N) is 1. The number of benzene rings is 1. The molecule has 2 aromatic rings. The fraction of sp³-hybridized carbons (Fsp3) is 0.0833. The Morgan fingerprint density at radius 2 is 1.89 bits per heavy atom. The molecule has 0 aliphatic carbocycles. The van der Waals surface area contributed by atoms with Crippen LogP contribution in [0.3, 0.4) is 0 Å². The molecular weight excluding hydrogens is 265 g/mol. The van der Waals surface area contributed by atoms with Gasteiger partial charge in [-0.1, -0.05) is 17.7 Å². The van der Waals surface area contributed by atoms with Crippen molar-refractivity contribution in [3.8, 4) is 0 Å². The number of anilines is 2. The maximum absolute atomic E-state index is 12.5. The van der Waals surface area contributed by atoms with Gasteiger partial charge in [0, 0.05) is 11.9 Å². The van der Waals surface area contributed by atoms with E-state index >= 15 is 0 Å². The average molecular weight is 273 g/mol. The van der Waals surface area contributed by atoms with E-state index in [1.54, 1.807) is 12.1 Å². The van der Waals surface area contributed by atoms with Crippen LogP contribution in [0.2, 0.25) is 5.02 Å². The van der Waals surface area contributed by atoms with Gasteiger partial charge in [0.2, 0.25) is 0 Å². The highest BCUT2D eigenvalue weighted by Crippen LogP contribution is 2.31. The molecule has 0 radical (unpaired) electrons. The molecule has 0 fully saturated rings. The summed E-state index contributed by atoms with van der Waals surface area (Å²) in [6, 6.07) is 8.09. The summed E-state index contributed by atoms with van der Waals surface area (Å²) in [7, 11) is 0. The standard InChI is InChI=1S/C12H8ClF3N2/c13-9-4-5-11(17-7-9)18-10-3-1-2-8(6-10)12(14,15)16/h1-7H,(H,17,18). The van der Waals surface area contributed by atoms with Crippen LogP contribution in [0.15, 0.2) is 42.6 Å². The van der Waals surface area contributed by atoms with E-state index in [0.29, 0.717) is 16.5 Å². The zero-order chi connectivity index (χ0) is 13.2. The van der Waals surface area contributed by atoms with E-state index in [4.69, 9.17) is 11.6 Å². The maximum atomic E-state index is 12.5. The lowest BCUT2D eigenvalue weighted by atomic mass is 10.2. The van der Waals surface area contributed by atoms with Crippen LogP contribution in [0.5, 0.6) is 0 Å². The highest BCUT2D eigenvalue weighted by Gasteiger charge is 2.30.